The SMILES string of the molecule is CCCn1c(SCC(=O)NC2CC2)nnc1-c1cccc(C)c1. The summed E-state index contributed by atoms with van der Waals surface area (Å²) < 4.78 is 2.11. The summed E-state index contributed by atoms with van der Waals surface area (Å²) in [6.07, 6.45) is 3.22. The highest BCUT2D eigenvalue weighted by Crippen LogP contribution is 2.25. The zero-order chi connectivity index (χ0) is 16.2. The van der Waals surface area contributed by atoms with Gasteiger partial charge in [-0.15, -0.1) is 10.2 Å². The van der Waals surface area contributed by atoms with Gasteiger partial charge in [0.2, 0.25) is 5.91 Å². The number of aryl methyl sites for hydroxylation is 1. The molecule has 122 valence electrons. The molecule has 0 radical (unpaired) electrons. The van der Waals surface area contributed by atoms with E-state index in [4.69, 9.17) is 0 Å². The first kappa shape index (κ1) is 16.1. The normalized spacial score (nSPS) is 14.0. The van der Waals surface area contributed by atoms with Crippen LogP contribution in [0.25, 0.3) is 11.4 Å². The molecule has 1 aromatic carbocycles. The van der Waals surface area contributed by atoms with Crippen LogP contribution in [0.3, 0.4) is 0 Å². The molecule has 3 rings (SSSR count). The average molecular weight is 330 g/mol. The van der Waals surface area contributed by atoms with Crippen LogP contribution in [0, 0.1) is 6.92 Å². The minimum atomic E-state index is 0.0839. The van der Waals surface area contributed by atoms with Gasteiger partial charge in [-0.25, -0.2) is 0 Å². The van der Waals surface area contributed by atoms with E-state index in [-0.39, 0.29) is 5.91 Å². The van der Waals surface area contributed by atoms with Gasteiger partial charge in [-0.1, -0.05) is 42.4 Å². The predicted molar refractivity (Wildman–Crippen MR) is 92.4 cm³/mol. The number of nitrogens with zero attached hydrogens (tertiary/aromatic N) is 3. The monoisotopic (exact) mass is 330 g/mol. The highest BCUT2D eigenvalue weighted by Gasteiger charge is 2.23. The second kappa shape index (κ2) is 7.17. The first-order chi connectivity index (χ1) is 11.2. The Kier molecular flexibility index (Phi) is 5.00. The fourth-order valence-electron chi connectivity index (χ4n) is 2.45. The minimum Gasteiger partial charge on any atom is -0.353 e. The summed E-state index contributed by atoms with van der Waals surface area (Å²) in [6, 6.07) is 8.68. The van der Waals surface area contributed by atoms with Gasteiger partial charge in [0.1, 0.15) is 0 Å². The molecule has 6 heteroatoms. The molecule has 1 aromatic heterocycles. The van der Waals surface area contributed by atoms with Crippen LogP contribution in [0.2, 0.25) is 0 Å². The minimum absolute atomic E-state index is 0.0839. The Balaban J connectivity index is 1.76. The number of carbonyl (C=O) groups is 1. The number of benzene rings is 1. The summed E-state index contributed by atoms with van der Waals surface area (Å²) in [6.45, 7) is 5.05. The molecule has 0 unspecified atom stereocenters. The lowest BCUT2D eigenvalue weighted by Crippen LogP contribution is -2.27. The van der Waals surface area contributed by atoms with E-state index in [9.17, 15) is 4.79 Å². The molecule has 0 aliphatic heterocycles. The summed E-state index contributed by atoms with van der Waals surface area (Å²) in [5.41, 5.74) is 2.27. The van der Waals surface area contributed by atoms with Crippen molar-refractivity contribution in [1.82, 2.24) is 20.1 Å². The van der Waals surface area contributed by atoms with Crippen molar-refractivity contribution in [3.8, 4) is 11.4 Å². The summed E-state index contributed by atoms with van der Waals surface area (Å²) in [7, 11) is 0. The maximum Gasteiger partial charge on any atom is 0.230 e. The molecule has 1 amide bonds. The Morgan fingerprint density at radius 3 is 2.91 bits per heavy atom. The maximum absolute atomic E-state index is 11.9. The average Bonchev–Trinajstić information content (AvgIpc) is 3.25. The molecule has 0 atom stereocenters. The van der Waals surface area contributed by atoms with Crippen LogP contribution in [0.4, 0.5) is 0 Å². The van der Waals surface area contributed by atoms with Crippen molar-refractivity contribution >= 4 is 17.7 Å². The highest BCUT2D eigenvalue weighted by atomic mass is 32.2. The largest absolute Gasteiger partial charge is 0.353 e. The molecule has 1 saturated carbocycles. The van der Waals surface area contributed by atoms with Crippen LogP contribution in [-0.2, 0) is 11.3 Å². The molecule has 23 heavy (non-hydrogen) atoms. The Hall–Kier alpha value is -1.82. The van der Waals surface area contributed by atoms with E-state index in [1.54, 1.807) is 0 Å². The number of hydrogen-bond acceptors (Lipinski definition) is 4. The number of hydrogen-bond donors (Lipinski definition) is 1. The number of thioether (sulfide) groups is 1. The van der Waals surface area contributed by atoms with Crippen LogP contribution in [0.1, 0.15) is 31.7 Å². The van der Waals surface area contributed by atoms with Crippen molar-refractivity contribution in [2.75, 3.05) is 5.75 Å². The van der Waals surface area contributed by atoms with E-state index in [2.05, 4.69) is 52.1 Å². The summed E-state index contributed by atoms with van der Waals surface area (Å²) in [5.74, 6) is 1.35. The lowest BCUT2D eigenvalue weighted by molar-refractivity contribution is -0.118. The van der Waals surface area contributed by atoms with Crippen molar-refractivity contribution in [1.29, 1.82) is 0 Å². The Morgan fingerprint density at radius 1 is 1.39 bits per heavy atom. The van der Waals surface area contributed by atoms with Crippen LogP contribution in [0.15, 0.2) is 29.4 Å². The Morgan fingerprint density at radius 2 is 2.22 bits per heavy atom. The van der Waals surface area contributed by atoms with Gasteiger partial charge in [-0.05, 0) is 32.3 Å². The zero-order valence-electron chi connectivity index (χ0n) is 13.6. The van der Waals surface area contributed by atoms with E-state index in [0.717, 1.165) is 42.4 Å². The topological polar surface area (TPSA) is 59.8 Å². The molecular formula is C17H22N4OS. The third-order valence-electron chi connectivity index (χ3n) is 3.72. The van der Waals surface area contributed by atoms with Crippen molar-refractivity contribution in [3.63, 3.8) is 0 Å². The summed E-state index contributed by atoms with van der Waals surface area (Å²) >= 11 is 1.46. The van der Waals surface area contributed by atoms with E-state index in [1.807, 2.05) is 6.07 Å². The van der Waals surface area contributed by atoms with E-state index in [0.29, 0.717) is 11.8 Å². The maximum atomic E-state index is 11.9. The number of nitrogens with one attached hydrogen (secondary N) is 1. The van der Waals surface area contributed by atoms with E-state index >= 15 is 0 Å². The quantitative estimate of drug-likeness (QED) is 0.793. The summed E-state index contributed by atoms with van der Waals surface area (Å²) in [4.78, 5) is 11.9. The van der Waals surface area contributed by atoms with Gasteiger partial charge in [0, 0.05) is 18.2 Å². The molecule has 2 aromatic rings. The highest BCUT2D eigenvalue weighted by molar-refractivity contribution is 7.99. The van der Waals surface area contributed by atoms with Gasteiger partial charge in [0.15, 0.2) is 11.0 Å². The van der Waals surface area contributed by atoms with Gasteiger partial charge in [-0.3, -0.25) is 4.79 Å². The third kappa shape index (κ3) is 4.13. The van der Waals surface area contributed by atoms with Gasteiger partial charge in [-0.2, -0.15) is 0 Å². The number of amides is 1. The van der Waals surface area contributed by atoms with Crippen LogP contribution in [-0.4, -0.2) is 32.5 Å². The number of carbonyl (C=O) groups excluding carboxylic acids is 1. The summed E-state index contributed by atoms with van der Waals surface area (Å²) in [5, 5.41) is 12.5. The standard InChI is InChI=1S/C17H22N4OS/c1-3-9-21-16(13-6-4-5-12(2)10-13)19-20-17(21)23-11-15(22)18-14-7-8-14/h4-6,10,14H,3,7-9,11H2,1-2H3,(H,18,22). The van der Waals surface area contributed by atoms with Crippen LogP contribution in [0.5, 0.6) is 0 Å². The van der Waals surface area contributed by atoms with Crippen LogP contribution < -0.4 is 5.32 Å². The van der Waals surface area contributed by atoms with Crippen molar-refractivity contribution < 1.29 is 4.79 Å². The fourth-order valence-corrected chi connectivity index (χ4v) is 3.22. The number of aromatic nitrogens is 3. The van der Waals surface area contributed by atoms with Gasteiger partial charge < -0.3 is 9.88 Å². The van der Waals surface area contributed by atoms with Crippen LogP contribution >= 0.6 is 11.8 Å². The first-order valence-electron chi connectivity index (χ1n) is 8.09. The number of rotatable bonds is 7. The lowest BCUT2D eigenvalue weighted by Gasteiger charge is -2.09. The molecule has 1 fully saturated rings. The molecule has 1 N–H and O–H groups in total. The van der Waals surface area contributed by atoms with E-state index < -0.39 is 0 Å². The van der Waals surface area contributed by atoms with Crippen molar-refractivity contribution in [3.05, 3.63) is 29.8 Å². The van der Waals surface area contributed by atoms with Gasteiger partial charge in [0.05, 0.1) is 5.75 Å². The third-order valence-corrected chi connectivity index (χ3v) is 4.68. The molecular weight excluding hydrogens is 308 g/mol. The second-order valence-electron chi connectivity index (χ2n) is 5.96. The van der Waals surface area contributed by atoms with E-state index in [1.165, 1.54) is 17.3 Å². The second-order valence-corrected chi connectivity index (χ2v) is 6.90. The lowest BCUT2D eigenvalue weighted by atomic mass is 10.1. The molecule has 1 aliphatic rings. The molecule has 1 heterocycles. The molecule has 0 bridgehead atoms. The molecule has 0 spiro atoms. The Labute approximate surface area is 140 Å². The van der Waals surface area contributed by atoms with Crippen molar-refractivity contribution in [2.24, 2.45) is 0 Å². The van der Waals surface area contributed by atoms with Crippen molar-refractivity contribution in [2.45, 2.75) is 50.9 Å². The first-order valence-corrected chi connectivity index (χ1v) is 9.08. The molecule has 1 aliphatic carbocycles. The molecule has 5 nitrogen and oxygen atoms in total. The fraction of sp³-hybridized carbons (Fsp3) is 0.471. The Bertz CT molecular complexity index is 694. The smallest absolute Gasteiger partial charge is 0.230 e. The molecule has 0 saturated heterocycles. The van der Waals surface area contributed by atoms with Gasteiger partial charge >= 0.3 is 0 Å². The van der Waals surface area contributed by atoms with Gasteiger partial charge in [0.25, 0.3) is 0 Å². The zero-order valence-corrected chi connectivity index (χ0v) is 14.4. The predicted octanol–water partition coefficient (Wildman–Crippen LogP) is 3.03.